The van der Waals surface area contributed by atoms with Crippen molar-refractivity contribution < 1.29 is 4.39 Å². The molecule has 0 saturated heterocycles. The average molecular weight is 307 g/mol. The predicted molar refractivity (Wildman–Crippen MR) is 91.1 cm³/mol. The second kappa shape index (κ2) is 6.21. The first-order valence-electron chi connectivity index (χ1n) is 7.55. The summed E-state index contributed by atoms with van der Waals surface area (Å²) in [6, 6.07) is 15.9. The monoisotopic (exact) mass is 307 g/mol. The smallest absolute Gasteiger partial charge is 0.250 e. The molecule has 3 heteroatoms. The molecule has 0 aliphatic carbocycles. The molecule has 0 aliphatic heterocycles. The van der Waals surface area contributed by atoms with Gasteiger partial charge in [-0.3, -0.25) is 4.79 Å². The van der Waals surface area contributed by atoms with E-state index in [4.69, 9.17) is 0 Å². The maximum atomic E-state index is 13.1. The summed E-state index contributed by atoms with van der Waals surface area (Å²) >= 11 is 0. The minimum Gasteiger partial charge on any atom is -0.310 e. The Morgan fingerprint density at radius 3 is 2.13 bits per heavy atom. The molecule has 0 saturated carbocycles. The van der Waals surface area contributed by atoms with Crippen LogP contribution in [0.4, 0.5) is 4.39 Å². The molecular formula is C20H18FNO. The van der Waals surface area contributed by atoms with Crippen molar-refractivity contribution in [1.82, 2.24) is 4.57 Å². The van der Waals surface area contributed by atoms with Crippen molar-refractivity contribution in [2.24, 2.45) is 0 Å². The van der Waals surface area contributed by atoms with Crippen molar-refractivity contribution in [2.45, 2.75) is 20.4 Å². The summed E-state index contributed by atoms with van der Waals surface area (Å²) in [4.78, 5) is 12.1. The second-order valence-electron chi connectivity index (χ2n) is 5.89. The van der Waals surface area contributed by atoms with E-state index in [0.29, 0.717) is 6.54 Å². The number of pyridine rings is 1. The number of hydrogen-bond acceptors (Lipinski definition) is 1. The van der Waals surface area contributed by atoms with Crippen LogP contribution in [0.15, 0.2) is 65.6 Å². The van der Waals surface area contributed by atoms with Gasteiger partial charge in [-0.15, -0.1) is 0 Å². The fourth-order valence-electron chi connectivity index (χ4n) is 2.82. The molecule has 0 spiro atoms. The number of halogens is 1. The normalized spacial score (nSPS) is 10.7. The number of hydrogen-bond donors (Lipinski definition) is 0. The minimum absolute atomic E-state index is 0.0463. The minimum atomic E-state index is -0.266. The second-order valence-corrected chi connectivity index (χ2v) is 5.89. The van der Waals surface area contributed by atoms with Crippen molar-refractivity contribution in [3.63, 3.8) is 0 Å². The predicted octanol–water partition coefficient (Wildman–Crippen LogP) is 4.32. The molecule has 0 radical (unpaired) electrons. The Kier molecular flexibility index (Phi) is 4.11. The van der Waals surface area contributed by atoms with E-state index in [0.717, 1.165) is 16.7 Å². The van der Waals surface area contributed by atoms with Gasteiger partial charge in [0.15, 0.2) is 0 Å². The van der Waals surface area contributed by atoms with Gasteiger partial charge in [-0.05, 0) is 48.7 Å². The third kappa shape index (κ3) is 3.57. The van der Waals surface area contributed by atoms with Crippen LogP contribution in [0.5, 0.6) is 0 Å². The lowest BCUT2D eigenvalue weighted by Crippen LogP contribution is -2.19. The Bertz CT molecular complexity index is 874. The van der Waals surface area contributed by atoms with Crippen molar-refractivity contribution in [2.75, 3.05) is 0 Å². The topological polar surface area (TPSA) is 22.0 Å². The zero-order chi connectivity index (χ0) is 16.4. The molecule has 3 rings (SSSR count). The van der Waals surface area contributed by atoms with Gasteiger partial charge in [-0.25, -0.2) is 4.39 Å². The summed E-state index contributed by atoms with van der Waals surface area (Å²) < 4.78 is 14.7. The molecule has 23 heavy (non-hydrogen) atoms. The van der Waals surface area contributed by atoms with Crippen LogP contribution in [0, 0.1) is 19.7 Å². The third-order valence-electron chi connectivity index (χ3n) is 3.80. The quantitative estimate of drug-likeness (QED) is 0.706. The van der Waals surface area contributed by atoms with Crippen LogP contribution in [0.25, 0.3) is 11.1 Å². The summed E-state index contributed by atoms with van der Waals surface area (Å²) in [7, 11) is 0. The molecule has 1 heterocycles. The average Bonchev–Trinajstić information content (AvgIpc) is 2.49. The van der Waals surface area contributed by atoms with E-state index in [1.807, 2.05) is 20.0 Å². The first-order chi connectivity index (χ1) is 11.0. The molecule has 0 N–H and O–H groups in total. The van der Waals surface area contributed by atoms with Crippen molar-refractivity contribution in [3.05, 3.63) is 93.7 Å². The largest absolute Gasteiger partial charge is 0.310 e. The summed E-state index contributed by atoms with van der Waals surface area (Å²) in [5, 5.41) is 0. The molecule has 0 fully saturated rings. The van der Waals surface area contributed by atoms with Crippen LogP contribution < -0.4 is 5.56 Å². The van der Waals surface area contributed by atoms with E-state index >= 15 is 0 Å². The Balaban J connectivity index is 1.97. The summed E-state index contributed by atoms with van der Waals surface area (Å²) in [6.45, 7) is 4.62. The number of rotatable bonds is 3. The highest BCUT2D eigenvalue weighted by Crippen LogP contribution is 2.18. The highest BCUT2D eigenvalue weighted by molar-refractivity contribution is 5.62. The van der Waals surface area contributed by atoms with E-state index in [1.54, 1.807) is 28.8 Å². The van der Waals surface area contributed by atoms with E-state index < -0.39 is 0 Å². The van der Waals surface area contributed by atoms with E-state index in [9.17, 15) is 9.18 Å². The molecule has 0 bridgehead atoms. The molecule has 2 aromatic carbocycles. The van der Waals surface area contributed by atoms with Crippen molar-refractivity contribution in [1.29, 1.82) is 0 Å². The van der Waals surface area contributed by atoms with Crippen LogP contribution in [-0.2, 0) is 6.54 Å². The maximum absolute atomic E-state index is 13.1. The molecule has 2 nitrogen and oxygen atoms in total. The number of benzene rings is 2. The molecule has 0 atom stereocenters. The SMILES string of the molecule is Cc1cc(C)cc(Cn2cc(-c3ccc(F)cc3)ccc2=O)c1. The lowest BCUT2D eigenvalue weighted by atomic mass is 10.1. The van der Waals surface area contributed by atoms with Crippen molar-refractivity contribution in [3.8, 4) is 11.1 Å². The fraction of sp³-hybridized carbons (Fsp3) is 0.150. The van der Waals surface area contributed by atoms with E-state index in [-0.39, 0.29) is 11.4 Å². The van der Waals surface area contributed by atoms with Crippen LogP contribution in [0.2, 0.25) is 0 Å². The van der Waals surface area contributed by atoms with Gasteiger partial charge in [0.05, 0.1) is 6.54 Å². The summed E-state index contributed by atoms with van der Waals surface area (Å²) in [5.74, 6) is -0.266. The summed E-state index contributed by atoms with van der Waals surface area (Å²) in [5.41, 5.74) is 5.20. The number of aromatic nitrogens is 1. The molecule has 0 aliphatic rings. The highest BCUT2D eigenvalue weighted by atomic mass is 19.1. The molecule has 0 amide bonds. The molecule has 1 aromatic heterocycles. The van der Waals surface area contributed by atoms with Gasteiger partial charge < -0.3 is 4.57 Å². The first-order valence-corrected chi connectivity index (χ1v) is 7.55. The van der Waals surface area contributed by atoms with Crippen LogP contribution in [-0.4, -0.2) is 4.57 Å². The van der Waals surface area contributed by atoms with Crippen LogP contribution in [0.3, 0.4) is 0 Å². The maximum Gasteiger partial charge on any atom is 0.250 e. The lowest BCUT2D eigenvalue weighted by molar-refractivity contribution is 0.628. The third-order valence-corrected chi connectivity index (χ3v) is 3.80. The van der Waals surface area contributed by atoms with E-state index in [1.165, 1.54) is 23.3 Å². The summed E-state index contributed by atoms with van der Waals surface area (Å²) in [6.07, 6.45) is 1.83. The highest BCUT2D eigenvalue weighted by Gasteiger charge is 2.04. The van der Waals surface area contributed by atoms with Crippen molar-refractivity contribution >= 4 is 0 Å². The van der Waals surface area contributed by atoms with Gasteiger partial charge in [0.1, 0.15) is 5.82 Å². The van der Waals surface area contributed by atoms with Gasteiger partial charge in [-0.1, -0.05) is 41.5 Å². The lowest BCUT2D eigenvalue weighted by Gasteiger charge is -2.10. The van der Waals surface area contributed by atoms with Gasteiger partial charge in [0.2, 0.25) is 0 Å². The standard InChI is InChI=1S/C20H18FNO/c1-14-9-15(2)11-16(10-14)12-22-13-18(5-8-20(22)23)17-3-6-19(21)7-4-17/h3-11,13H,12H2,1-2H3. The number of nitrogens with zero attached hydrogens (tertiary/aromatic N) is 1. The Morgan fingerprint density at radius 2 is 1.48 bits per heavy atom. The van der Waals surface area contributed by atoms with Crippen LogP contribution in [0.1, 0.15) is 16.7 Å². The molecular weight excluding hydrogens is 289 g/mol. The zero-order valence-corrected chi connectivity index (χ0v) is 13.2. The Morgan fingerprint density at radius 1 is 0.870 bits per heavy atom. The molecule has 116 valence electrons. The van der Waals surface area contributed by atoms with Gasteiger partial charge in [0, 0.05) is 12.3 Å². The molecule has 3 aromatic rings. The zero-order valence-electron chi connectivity index (χ0n) is 13.2. The fourth-order valence-corrected chi connectivity index (χ4v) is 2.82. The molecule has 0 unspecified atom stereocenters. The Hall–Kier alpha value is -2.68. The van der Waals surface area contributed by atoms with Gasteiger partial charge in [0.25, 0.3) is 5.56 Å². The van der Waals surface area contributed by atoms with E-state index in [2.05, 4.69) is 18.2 Å². The van der Waals surface area contributed by atoms with Gasteiger partial charge in [-0.2, -0.15) is 0 Å². The van der Waals surface area contributed by atoms with Crippen LogP contribution >= 0.6 is 0 Å². The number of aryl methyl sites for hydroxylation is 2. The Labute approximate surface area is 134 Å². The van der Waals surface area contributed by atoms with Gasteiger partial charge >= 0.3 is 0 Å². The first kappa shape index (κ1) is 15.2.